The highest BCUT2D eigenvalue weighted by Gasteiger charge is 2.29. The van der Waals surface area contributed by atoms with Crippen molar-refractivity contribution in [2.24, 2.45) is 0 Å². The Morgan fingerprint density at radius 3 is 2.46 bits per heavy atom. The van der Waals surface area contributed by atoms with Gasteiger partial charge in [-0.05, 0) is 49.6 Å². The zero-order chi connectivity index (χ0) is 25.1. The number of aliphatic hydroxyl groups excluding tert-OH is 1. The Morgan fingerprint density at radius 2 is 1.89 bits per heavy atom. The maximum Gasteiger partial charge on any atom is 0.337 e. The number of carboxylic acids is 1. The van der Waals surface area contributed by atoms with E-state index in [1.807, 2.05) is 6.92 Å². The molecule has 0 aliphatic heterocycles. The van der Waals surface area contributed by atoms with Gasteiger partial charge in [-0.1, -0.05) is 12.8 Å². The molecule has 35 heavy (non-hydrogen) atoms. The van der Waals surface area contributed by atoms with Crippen molar-refractivity contribution in [3.63, 3.8) is 0 Å². The van der Waals surface area contributed by atoms with Crippen LogP contribution in [0.1, 0.15) is 58.8 Å². The van der Waals surface area contributed by atoms with E-state index in [0.717, 1.165) is 31.2 Å². The molecule has 1 saturated carbocycles. The summed E-state index contributed by atoms with van der Waals surface area (Å²) in [5, 5.41) is 35.4. The van der Waals surface area contributed by atoms with Crippen molar-refractivity contribution in [2.75, 3.05) is 14.2 Å². The lowest BCUT2D eigenvalue weighted by atomic mass is 10.0. The lowest BCUT2D eigenvalue weighted by Gasteiger charge is -2.27. The van der Waals surface area contributed by atoms with Crippen molar-refractivity contribution in [1.29, 1.82) is 5.26 Å². The van der Waals surface area contributed by atoms with E-state index in [-0.39, 0.29) is 23.7 Å². The maximum absolute atomic E-state index is 11.7. The Bertz CT molecular complexity index is 1250. The SMILES string of the molecule is COc1cc([C@@H](O)[C@H](Cn2cc3c(C#N)ccc(C(=O)O)c3n2)OC2CCCC2)cc(OC)c1C. The van der Waals surface area contributed by atoms with Crippen LogP contribution in [-0.4, -0.2) is 52.4 Å². The van der Waals surface area contributed by atoms with Crippen molar-refractivity contribution >= 4 is 16.9 Å². The number of carbonyl (C=O) groups is 1. The molecule has 0 amide bonds. The molecule has 9 nitrogen and oxygen atoms in total. The number of hydrogen-bond donors (Lipinski definition) is 2. The number of fused-ring (bicyclic) bond motifs is 1. The molecule has 1 aliphatic rings. The lowest BCUT2D eigenvalue weighted by Crippen LogP contribution is -2.31. The van der Waals surface area contributed by atoms with Crippen LogP contribution < -0.4 is 9.47 Å². The van der Waals surface area contributed by atoms with Crippen LogP contribution in [-0.2, 0) is 11.3 Å². The van der Waals surface area contributed by atoms with Gasteiger partial charge in [0, 0.05) is 17.1 Å². The fourth-order valence-corrected chi connectivity index (χ4v) is 4.68. The maximum atomic E-state index is 11.7. The van der Waals surface area contributed by atoms with Gasteiger partial charge in [0.25, 0.3) is 0 Å². The Kier molecular flexibility index (Phi) is 7.24. The van der Waals surface area contributed by atoms with Gasteiger partial charge >= 0.3 is 5.97 Å². The monoisotopic (exact) mass is 479 g/mol. The minimum absolute atomic E-state index is 0.0121. The lowest BCUT2D eigenvalue weighted by molar-refractivity contribution is -0.0845. The van der Waals surface area contributed by atoms with E-state index in [4.69, 9.17) is 14.2 Å². The predicted molar refractivity (Wildman–Crippen MR) is 128 cm³/mol. The molecule has 2 aromatic carbocycles. The molecule has 0 saturated heterocycles. The zero-order valence-electron chi connectivity index (χ0n) is 20.0. The molecule has 0 radical (unpaired) electrons. The molecule has 1 fully saturated rings. The quantitative estimate of drug-likeness (QED) is 0.472. The summed E-state index contributed by atoms with van der Waals surface area (Å²) in [4.78, 5) is 11.7. The van der Waals surface area contributed by atoms with E-state index < -0.39 is 18.2 Å². The Balaban J connectivity index is 1.72. The average Bonchev–Trinajstić information content (AvgIpc) is 3.52. The number of carboxylic acid groups (broad SMARTS) is 1. The molecule has 1 heterocycles. The smallest absolute Gasteiger partial charge is 0.337 e. The second kappa shape index (κ2) is 10.3. The zero-order valence-corrected chi connectivity index (χ0v) is 20.0. The number of aromatic carboxylic acids is 1. The first kappa shape index (κ1) is 24.5. The van der Waals surface area contributed by atoms with Crippen molar-refractivity contribution in [3.05, 3.63) is 52.7 Å². The van der Waals surface area contributed by atoms with Gasteiger partial charge in [-0.15, -0.1) is 0 Å². The summed E-state index contributed by atoms with van der Waals surface area (Å²) in [6.45, 7) is 2.04. The van der Waals surface area contributed by atoms with Gasteiger partial charge < -0.3 is 24.4 Å². The van der Waals surface area contributed by atoms with Crippen LogP contribution in [0.4, 0.5) is 0 Å². The molecule has 1 aromatic heterocycles. The van der Waals surface area contributed by atoms with E-state index in [1.54, 1.807) is 37.2 Å². The minimum Gasteiger partial charge on any atom is -0.496 e. The fourth-order valence-electron chi connectivity index (χ4n) is 4.68. The molecule has 9 heteroatoms. The number of methoxy groups -OCH3 is 2. The summed E-state index contributed by atoms with van der Waals surface area (Å²) in [6.07, 6.45) is 3.90. The highest BCUT2D eigenvalue weighted by Crippen LogP contribution is 2.35. The second-order valence-corrected chi connectivity index (χ2v) is 8.77. The van der Waals surface area contributed by atoms with Crippen molar-refractivity contribution in [3.8, 4) is 17.6 Å². The third-order valence-corrected chi connectivity index (χ3v) is 6.58. The van der Waals surface area contributed by atoms with Crippen LogP contribution in [0.3, 0.4) is 0 Å². The van der Waals surface area contributed by atoms with Gasteiger partial charge in [0.15, 0.2) is 0 Å². The molecule has 0 spiro atoms. The molecule has 0 unspecified atom stereocenters. The van der Waals surface area contributed by atoms with Crippen molar-refractivity contribution in [2.45, 2.75) is 57.5 Å². The molecule has 2 atom stereocenters. The Morgan fingerprint density at radius 1 is 1.23 bits per heavy atom. The normalized spacial score (nSPS) is 15.6. The van der Waals surface area contributed by atoms with Crippen LogP contribution in [0, 0.1) is 18.3 Å². The summed E-state index contributed by atoms with van der Waals surface area (Å²) in [5.74, 6) is 0.0580. The second-order valence-electron chi connectivity index (χ2n) is 8.77. The highest BCUT2D eigenvalue weighted by atomic mass is 16.5. The molecular formula is C26H29N3O6. The Labute approximate surface area is 203 Å². The van der Waals surface area contributed by atoms with Crippen molar-refractivity contribution < 1.29 is 29.2 Å². The van der Waals surface area contributed by atoms with Gasteiger partial charge in [-0.3, -0.25) is 4.68 Å². The summed E-state index contributed by atoms with van der Waals surface area (Å²) >= 11 is 0. The van der Waals surface area contributed by atoms with E-state index in [0.29, 0.717) is 28.0 Å². The van der Waals surface area contributed by atoms with Crippen LogP contribution in [0.15, 0.2) is 30.5 Å². The van der Waals surface area contributed by atoms with E-state index in [9.17, 15) is 20.3 Å². The van der Waals surface area contributed by atoms with Gasteiger partial charge in [-0.2, -0.15) is 10.4 Å². The van der Waals surface area contributed by atoms with Crippen molar-refractivity contribution in [1.82, 2.24) is 9.78 Å². The number of hydrogen-bond acceptors (Lipinski definition) is 7. The number of ether oxygens (including phenoxy) is 3. The summed E-state index contributed by atoms with van der Waals surface area (Å²) in [5.41, 5.74) is 1.97. The van der Waals surface area contributed by atoms with Gasteiger partial charge in [0.1, 0.15) is 29.2 Å². The molecular weight excluding hydrogens is 450 g/mol. The average molecular weight is 480 g/mol. The van der Waals surface area contributed by atoms with Gasteiger partial charge in [0.2, 0.25) is 0 Å². The number of nitrogens with zero attached hydrogens (tertiary/aromatic N) is 3. The summed E-state index contributed by atoms with van der Waals surface area (Å²) in [6, 6.07) is 8.48. The van der Waals surface area contributed by atoms with Crippen LogP contribution in [0.25, 0.3) is 10.9 Å². The third kappa shape index (κ3) is 4.94. The number of nitriles is 1. The molecule has 1 aliphatic carbocycles. The van der Waals surface area contributed by atoms with Crippen LogP contribution in [0.5, 0.6) is 11.5 Å². The number of aliphatic hydroxyl groups is 1. The summed E-state index contributed by atoms with van der Waals surface area (Å²) in [7, 11) is 3.12. The first-order chi connectivity index (χ1) is 16.9. The first-order valence-corrected chi connectivity index (χ1v) is 11.6. The Hall–Kier alpha value is -3.61. The van der Waals surface area contributed by atoms with E-state index >= 15 is 0 Å². The van der Waals surface area contributed by atoms with E-state index in [1.165, 1.54) is 12.1 Å². The molecule has 3 aromatic rings. The standard InChI is InChI=1S/C26H29N3O6/c1-15-21(33-2)10-17(11-22(15)34-3)25(30)23(35-18-6-4-5-7-18)14-29-13-20-16(12-27)8-9-19(26(31)32)24(20)28-29/h8-11,13,18,23,25,30H,4-7,14H2,1-3H3,(H,31,32)/t23-,25+/m0/s1. The minimum atomic E-state index is -1.12. The largest absolute Gasteiger partial charge is 0.496 e. The molecule has 2 N–H and O–H groups in total. The topological polar surface area (TPSA) is 127 Å². The molecule has 184 valence electrons. The number of rotatable bonds is 9. The number of aromatic nitrogens is 2. The third-order valence-electron chi connectivity index (χ3n) is 6.58. The van der Waals surface area contributed by atoms with Gasteiger partial charge in [-0.25, -0.2) is 4.79 Å². The fraction of sp³-hybridized carbons (Fsp3) is 0.423. The highest BCUT2D eigenvalue weighted by molar-refractivity contribution is 6.03. The molecule has 4 rings (SSSR count). The van der Waals surface area contributed by atoms with E-state index in [2.05, 4.69) is 11.2 Å². The van der Waals surface area contributed by atoms with Crippen LogP contribution in [0.2, 0.25) is 0 Å². The van der Waals surface area contributed by atoms with Gasteiger partial charge in [0.05, 0.1) is 44.1 Å². The number of benzene rings is 2. The first-order valence-electron chi connectivity index (χ1n) is 11.6. The summed E-state index contributed by atoms with van der Waals surface area (Å²) < 4.78 is 18.9. The predicted octanol–water partition coefficient (Wildman–Crippen LogP) is 3.99. The van der Waals surface area contributed by atoms with Crippen LogP contribution >= 0.6 is 0 Å². The molecule has 0 bridgehead atoms.